The van der Waals surface area contributed by atoms with Crippen LogP contribution in [0.3, 0.4) is 0 Å². The van der Waals surface area contributed by atoms with Crippen LogP contribution in [0.2, 0.25) is 0 Å². The Kier molecular flexibility index (Phi) is 4.13. The smallest absolute Gasteiger partial charge is 0.146 e. The lowest BCUT2D eigenvalue weighted by atomic mass is 10.1. The summed E-state index contributed by atoms with van der Waals surface area (Å²) in [4.78, 5) is -1.28. The van der Waals surface area contributed by atoms with Crippen molar-refractivity contribution >= 4 is 39.1 Å². The van der Waals surface area contributed by atoms with Crippen LogP contribution in [-0.4, -0.2) is 9.94 Å². The third-order valence-corrected chi connectivity index (χ3v) is 2.70. The number of aliphatic hydroxyl groups is 1. The molecule has 1 N–H and O–H groups in total. The molecular formula is C8H5BrCl2F2O. The molecule has 1 rings (SSSR count). The molecule has 0 bridgehead atoms. The van der Waals surface area contributed by atoms with E-state index >= 15 is 0 Å². The van der Waals surface area contributed by atoms with Crippen molar-refractivity contribution in [3.63, 3.8) is 0 Å². The van der Waals surface area contributed by atoms with Crippen LogP contribution in [0, 0.1) is 11.6 Å². The summed E-state index contributed by atoms with van der Waals surface area (Å²) in [6.45, 7) is 0. The van der Waals surface area contributed by atoms with Crippen LogP contribution in [0.5, 0.6) is 0 Å². The molecule has 0 aliphatic rings. The summed E-state index contributed by atoms with van der Waals surface area (Å²) in [5, 5.41) is 9.32. The fraction of sp³-hybridized carbons (Fsp3) is 0.250. The van der Waals surface area contributed by atoms with Crippen LogP contribution in [0.15, 0.2) is 16.6 Å². The lowest BCUT2D eigenvalue weighted by Gasteiger charge is -2.14. The van der Waals surface area contributed by atoms with Gasteiger partial charge in [-0.1, -0.05) is 0 Å². The number of hydrogen-bond acceptors (Lipinski definition) is 1. The van der Waals surface area contributed by atoms with Crippen LogP contribution in [0.25, 0.3) is 0 Å². The molecule has 78 valence electrons. The minimum atomic E-state index is -1.59. The van der Waals surface area contributed by atoms with Gasteiger partial charge in [0.15, 0.2) is 0 Å². The van der Waals surface area contributed by atoms with Crippen LogP contribution in [-0.2, 0) is 0 Å². The molecule has 1 unspecified atom stereocenters. The highest BCUT2D eigenvalue weighted by Crippen LogP contribution is 2.31. The molecule has 0 amide bonds. The van der Waals surface area contributed by atoms with Gasteiger partial charge in [-0.25, -0.2) is 8.78 Å². The van der Waals surface area contributed by atoms with Gasteiger partial charge in [0.05, 0.1) is 10.0 Å². The van der Waals surface area contributed by atoms with Gasteiger partial charge >= 0.3 is 0 Å². The Labute approximate surface area is 97.8 Å². The van der Waals surface area contributed by atoms with E-state index < -0.39 is 28.1 Å². The second-order valence-electron chi connectivity index (χ2n) is 2.54. The van der Waals surface area contributed by atoms with Crippen molar-refractivity contribution in [3.8, 4) is 0 Å². The van der Waals surface area contributed by atoms with Gasteiger partial charge in [0.1, 0.15) is 22.6 Å². The molecule has 0 saturated heterocycles. The zero-order valence-corrected chi connectivity index (χ0v) is 9.74. The van der Waals surface area contributed by atoms with Gasteiger partial charge in [0.2, 0.25) is 0 Å². The van der Waals surface area contributed by atoms with Crippen molar-refractivity contribution in [3.05, 3.63) is 33.8 Å². The average molecular weight is 306 g/mol. The number of aliphatic hydroxyl groups excluding tert-OH is 1. The van der Waals surface area contributed by atoms with E-state index in [1.54, 1.807) is 0 Å². The van der Waals surface area contributed by atoms with Crippen molar-refractivity contribution in [2.24, 2.45) is 0 Å². The predicted molar refractivity (Wildman–Crippen MR) is 54.5 cm³/mol. The molecule has 0 aromatic heterocycles. The Morgan fingerprint density at radius 3 is 2.36 bits per heavy atom. The zero-order valence-electron chi connectivity index (χ0n) is 6.65. The standard InChI is InChI=1S/C8H5BrCl2F2O/c9-3-1-2-4(12)5(6(3)13)7(14)8(10)11/h1-2,7-8,14H. The molecular weight excluding hydrogens is 301 g/mol. The molecule has 0 radical (unpaired) electrons. The van der Waals surface area contributed by atoms with Crippen LogP contribution < -0.4 is 0 Å². The fourth-order valence-corrected chi connectivity index (χ4v) is 1.54. The predicted octanol–water partition coefficient (Wildman–Crippen LogP) is 3.56. The van der Waals surface area contributed by atoms with Gasteiger partial charge in [-0.3, -0.25) is 0 Å². The summed E-state index contributed by atoms with van der Waals surface area (Å²) in [5.41, 5.74) is -0.533. The van der Waals surface area contributed by atoms with E-state index in [2.05, 4.69) is 15.9 Å². The molecule has 1 nitrogen and oxygen atoms in total. The summed E-state index contributed by atoms with van der Waals surface area (Å²) in [6, 6.07) is 2.21. The molecule has 1 aromatic carbocycles. The molecule has 0 saturated carbocycles. The quantitative estimate of drug-likeness (QED) is 0.654. The van der Waals surface area contributed by atoms with E-state index in [1.165, 1.54) is 6.07 Å². The average Bonchev–Trinajstić information content (AvgIpc) is 2.12. The zero-order chi connectivity index (χ0) is 10.9. The molecule has 0 aliphatic carbocycles. The first-order valence-electron chi connectivity index (χ1n) is 3.54. The molecule has 6 heteroatoms. The maximum Gasteiger partial charge on any atom is 0.146 e. The third kappa shape index (κ3) is 2.37. The second-order valence-corrected chi connectivity index (χ2v) is 4.55. The Bertz CT molecular complexity index is 346. The lowest BCUT2D eigenvalue weighted by Crippen LogP contribution is -2.11. The summed E-state index contributed by atoms with van der Waals surface area (Å²) < 4.78 is 26.5. The van der Waals surface area contributed by atoms with E-state index in [-0.39, 0.29) is 4.47 Å². The SMILES string of the molecule is OC(c1c(F)ccc(Br)c1F)C(Cl)Cl. The van der Waals surface area contributed by atoms with Crippen molar-refractivity contribution in [2.75, 3.05) is 0 Å². The molecule has 0 fully saturated rings. The van der Waals surface area contributed by atoms with Crippen LogP contribution in [0.4, 0.5) is 8.78 Å². The first-order valence-corrected chi connectivity index (χ1v) is 5.21. The maximum absolute atomic E-state index is 13.3. The molecule has 0 aliphatic heterocycles. The summed E-state index contributed by atoms with van der Waals surface area (Å²) >= 11 is 13.5. The molecule has 1 aromatic rings. The molecule has 14 heavy (non-hydrogen) atoms. The summed E-state index contributed by atoms with van der Waals surface area (Å²) in [7, 11) is 0. The Morgan fingerprint density at radius 2 is 1.86 bits per heavy atom. The van der Waals surface area contributed by atoms with E-state index in [9.17, 15) is 13.9 Å². The Morgan fingerprint density at radius 1 is 1.29 bits per heavy atom. The number of alkyl halides is 2. The van der Waals surface area contributed by atoms with E-state index in [0.29, 0.717) is 0 Å². The van der Waals surface area contributed by atoms with Gasteiger partial charge < -0.3 is 5.11 Å². The third-order valence-electron chi connectivity index (χ3n) is 1.61. The maximum atomic E-state index is 13.3. The number of halogens is 5. The fourth-order valence-electron chi connectivity index (χ4n) is 0.940. The topological polar surface area (TPSA) is 20.2 Å². The molecule has 0 heterocycles. The first kappa shape index (κ1) is 12.2. The van der Waals surface area contributed by atoms with Gasteiger partial charge in [0, 0.05) is 0 Å². The van der Waals surface area contributed by atoms with Crippen molar-refractivity contribution in [2.45, 2.75) is 10.9 Å². The van der Waals surface area contributed by atoms with Crippen LogP contribution in [0.1, 0.15) is 11.7 Å². The minimum absolute atomic E-state index is 0.0435. The number of benzene rings is 1. The van der Waals surface area contributed by atoms with Gasteiger partial charge in [-0.15, -0.1) is 23.2 Å². The Hall–Kier alpha value is 0.1000. The van der Waals surface area contributed by atoms with E-state index in [1.807, 2.05) is 0 Å². The van der Waals surface area contributed by atoms with E-state index in [0.717, 1.165) is 6.07 Å². The highest BCUT2D eigenvalue weighted by Gasteiger charge is 2.24. The number of rotatable bonds is 2. The van der Waals surface area contributed by atoms with Crippen molar-refractivity contribution in [1.29, 1.82) is 0 Å². The minimum Gasteiger partial charge on any atom is -0.385 e. The summed E-state index contributed by atoms with van der Waals surface area (Å²) in [6.07, 6.45) is -1.59. The van der Waals surface area contributed by atoms with Gasteiger partial charge in [-0.2, -0.15) is 0 Å². The lowest BCUT2D eigenvalue weighted by molar-refractivity contribution is 0.182. The summed E-state index contributed by atoms with van der Waals surface area (Å²) in [5.74, 6) is -1.78. The highest BCUT2D eigenvalue weighted by atomic mass is 79.9. The normalized spacial score (nSPS) is 13.4. The van der Waals surface area contributed by atoms with Gasteiger partial charge in [-0.05, 0) is 28.1 Å². The second kappa shape index (κ2) is 4.75. The molecule has 1 atom stereocenters. The van der Waals surface area contributed by atoms with Crippen LogP contribution >= 0.6 is 39.1 Å². The van der Waals surface area contributed by atoms with Crippen molar-refractivity contribution < 1.29 is 13.9 Å². The van der Waals surface area contributed by atoms with Gasteiger partial charge in [0.25, 0.3) is 0 Å². The largest absolute Gasteiger partial charge is 0.385 e. The Balaban J connectivity index is 3.25. The first-order chi connectivity index (χ1) is 6.45. The highest BCUT2D eigenvalue weighted by molar-refractivity contribution is 9.10. The van der Waals surface area contributed by atoms with Crippen molar-refractivity contribution in [1.82, 2.24) is 0 Å². The monoisotopic (exact) mass is 304 g/mol. The number of hydrogen-bond donors (Lipinski definition) is 1. The van der Waals surface area contributed by atoms with E-state index in [4.69, 9.17) is 23.2 Å². The molecule has 0 spiro atoms.